The molecule has 5 atom stereocenters. The molecule has 7 heteroatoms. The molecule has 1 aliphatic heterocycles. The van der Waals surface area contributed by atoms with Gasteiger partial charge in [-0.15, -0.1) is 0 Å². The van der Waals surface area contributed by atoms with Gasteiger partial charge in [-0.3, -0.25) is 0 Å². The average molecular weight is 305 g/mol. The maximum Gasteiger partial charge on any atom is 0.338 e. The standard InChI is InChI=1S/C14H27NO6/c1-3-4-5-6-7-8-20-13(18)12-11(17)10(16)9(15)14(19-2)21-12/h9-12,14,16-17H,3-8,15H2,1-2H3/t9-,10-,11+,12+,14-/m1/s1. The number of hydrogen-bond acceptors (Lipinski definition) is 7. The Morgan fingerprint density at radius 2 is 1.86 bits per heavy atom. The molecule has 1 rings (SSSR count). The van der Waals surface area contributed by atoms with Crippen LogP contribution in [0.3, 0.4) is 0 Å². The van der Waals surface area contributed by atoms with Crippen molar-refractivity contribution in [2.75, 3.05) is 13.7 Å². The molecule has 0 amide bonds. The van der Waals surface area contributed by atoms with Crippen molar-refractivity contribution in [2.45, 2.75) is 69.7 Å². The molecule has 4 N–H and O–H groups in total. The monoisotopic (exact) mass is 305 g/mol. The van der Waals surface area contributed by atoms with Crippen LogP contribution in [0.4, 0.5) is 0 Å². The molecule has 0 aromatic carbocycles. The Hall–Kier alpha value is -0.730. The van der Waals surface area contributed by atoms with Crippen molar-refractivity contribution in [1.82, 2.24) is 0 Å². The molecule has 1 fully saturated rings. The normalized spacial score (nSPS) is 32.9. The molecule has 0 spiro atoms. The summed E-state index contributed by atoms with van der Waals surface area (Å²) in [5.41, 5.74) is 5.64. The van der Waals surface area contributed by atoms with Gasteiger partial charge < -0.3 is 30.2 Å². The van der Waals surface area contributed by atoms with Crippen LogP contribution in [0, 0.1) is 0 Å². The topological polar surface area (TPSA) is 111 Å². The summed E-state index contributed by atoms with van der Waals surface area (Å²) >= 11 is 0. The quantitative estimate of drug-likeness (QED) is 0.425. The second-order valence-electron chi connectivity index (χ2n) is 5.30. The molecule has 0 radical (unpaired) electrons. The van der Waals surface area contributed by atoms with Crippen LogP contribution in [0.1, 0.15) is 39.0 Å². The molecule has 0 aromatic heterocycles. The van der Waals surface area contributed by atoms with E-state index in [2.05, 4.69) is 6.92 Å². The van der Waals surface area contributed by atoms with Crippen molar-refractivity contribution >= 4 is 5.97 Å². The van der Waals surface area contributed by atoms with Crippen LogP contribution >= 0.6 is 0 Å². The van der Waals surface area contributed by atoms with Crippen molar-refractivity contribution in [1.29, 1.82) is 0 Å². The highest BCUT2D eigenvalue weighted by Crippen LogP contribution is 2.21. The molecule has 0 aromatic rings. The van der Waals surface area contributed by atoms with E-state index in [1.807, 2.05) is 0 Å². The fourth-order valence-corrected chi connectivity index (χ4v) is 2.25. The highest BCUT2D eigenvalue weighted by atomic mass is 16.7. The Morgan fingerprint density at radius 3 is 2.48 bits per heavy atom. The van der Waals surface area contributed by atoms with Crippen molar-refractivity contribution in [3.05, 3.63) is 0 Å². The number of methoxy groups -OCH3 is 1. The van der Waals surface area contributed by atoms with Gasteiger partial charge in [-0.2, -0.15) is 0 Å². The predicted octanol–water partition coefficient (Wildman–Crippen LogP) is -0.0796. The summed E-state index contributed by atoms with van der Waals surface area (Å²) in [6.07, 6.45) is 0.232. The first-order valence-corrected chi connectivity index (χ1v) is 7.49. The van der Waals surface area contributed by atoms with E-state index < -0.39 is 36.6 Å². The summed E-state index contributed by atoms with van der Waals surface area (Å²) in [5, 5.41) is 19.6. The lowest BCUT2D eigenvalue weighted by atomic mass is 9.97. The molecule has 124 valence electrons. The van der Waals surface area contributed by atoms with Crippen LogP contribution in [-0.2, 0) is 19.0 Å². The maximum absolute atomic E-state index is 11.9. The van der Waals surface area contributed by atoms with Crippen molar-refractivity contribution in [2.24, 2.45) is 5.73 Å². The van der Waals surface area contributed by atoms with Gasteiger partial charge in [0.15, 0.2) is 12.4 Å². The third kappa shape index (κ3) is 5.19. The van der Waals surface area contributed by atoms with E-state index >= 15 is 0 Å². The van der Waals surface area contributed by atoms with Crippen LogP contribution < -0.4 is 5.73 Å². The molecule has 1 saturated heterocycles. The number of esters is 1. The number of hydrogen-bond donors (Lipinski definition) is 3. The second kappa shape index (κ2) is 9.32. The molecule has 7 nitrogen and oxygen atoms in total. The van der Waals surface area contributed by atoms with Gasteiger partial charge in [0.25, 0.3) is 0 Å². The van der Waals surface area contributed by atoms with Gasteiger partial charge in [-0.1, -0.05) is 32.6 Å². The molecule has 1 aliphatic rings. The van der Waals surface area contributed by atoms with Crippen LogP contribution in [0.2, 0.25) is 0 Å². The SMILES string of the molecule is CCCCCCCOC(=O)[C@H]1O[C@@H](OC)[C@H](N)[C@@H](O)[C@@H]1O. The zero-order chi connectivity index (χ0) is 15.8. The lowest BCUT2D eigenvalue weighted by Crippen LogP contribution is -2.63. The second-order valence-corrected chi connectivity index (χ2v) is 5.30. The third-order valence-electron chi connectivity index (χ3n) is 3.61. The number of nitrogens with two attached hydrogens (primary N) is 1. The van der Waals surface area contributed by atoms with E-state index in [0.29, 0.717) is 0 Å². The van der Waals surface area contributed by atoms with Gasteiger partial charge in [0.1, 0.15) is 12.2 Å². The Kier molecular flexibility index (Phi) is 8.13. The average Bonchev–Trinajstić information content (AvgIpc) is 2.48. The van der Waals surface area contributed by atoms with Crippen molar-refractivity contribution in [3.63, 3.8) is 0 Å². The van der Waals surface area contributed by atoms with Crippen LogP contribution in [0.25, 0.3) is 0 Å². The van der Waals surface area contributed by atoms with Gasteiger partial charge in [-0.05, 0) is 6.42 Å². The minimum Gasteiger partial charge on any atom is -0.464 e. The first kappa shape index (κ1) is 18.3. The fraction of sp³-hybridized carbons (Fsp3) is 0.929. The number of aliphatic hydroxyl groups excluding tert-OH is 2. The summed E-state index contributed by atoms with van der Waals surface area (Å²) in [7, 11) is 1.35. The van der Waals surface area contributed by atoms with E-state index in [-0.39, 0.29) is 6.61 Å². The Morgan fingerprint density at radius 1 is 1.19 bits per heavy atom. The molecule has 0 unspecified atom stereocenters. The van der Waals surface area contributed by atoms with Crippen LogP contribution in [-0.4, -0.2) is 60.5 Å². The Balaban J connectivity index is 2.38. The lowest BCUT2D eigenvalue weighted by Gasteiger charge is -2.39. The summed E-state index contributed by atoms with van der Waals surface area (Å²) < 4.78 is 15.3. The largest absolute Gasteiger partial charge is 0.464 e. The molecule has 1 heterocycles. The number of carbonyl (C=O) groups excluding carboxylic acids is 1. The first-order chi connectivity index (χ1) is 10.0. The Bertz CT molecular complexity index is 312. The third-order valence-corrected chi connectivity index (χ3v) is 3.61. The number of ether oxygens (including phenoxy) is 3. The predicted molar refractivity (Wildman–Crippen MR) is 75.4 cm³/mol. The van der Waals surface area contributed by atoms with Crippen molar-refractivity contribution < 1.29 is 29.2 Å². The smallest absolute Gasteiger partial charge is 0.338 e. The molecular formula is C14H27NO6. The highest BCUT2D eigenvalue weighted by molar-refractivity contribution is 5.75. The van der Waals surface area contributed by atoms with Gasteiger partial charge in [0, 0.05) is 7.11 Å². The molecule has 0 bridgehead atoms. The summed E-state index contributed by atoms with van der Waals surface area (Å²) in [5.74, 6) is -0.703. The number of unbranched alkanes of at least 4 members (excludes halogenated alkanes) is 4. The molecule has 0 saturated carbocycles. The van der Waals surface area contributed by atoms with Gasteiger partial charge in [-0.25, -0.2) is 4.79 Å². The maximum atomic E-state index is 11.9. The number of aliphatic hydroxyl groups is 2. The van der Waals surface area contributed by atoms with E-state index in [0.717, 1.165) is 32.1 Å². The molecule has 0 aliphatic carbocycles. The number of carbonyl (C=O) groups is 1. The Labute approximate surface area is 125 Å². The number of rotatable bonds is 8. The lowest BCUT2D eigenvalue weighted by molar-refractivity contribution is -0.254. The van der Waals surface area contributed by atoms with Crippen LogP contribution in [0.5, 0.6) is 0 Å². The van der Waals surface area contributed by atoms with E-state index in [9.17, 15) is 15.0 Å². The minimum atomic E-state index is -1.42. The first-order valence-electron chi connectivity index (χ1n) is 7.49. The fourth-order valence-electron chi connectivity index (χ4n) is 2.25. The van der Waals surface area contributed by atoms with E-state index in [1.165, 1.54) is 7.11 Å². The zero-order valence-corrected chi connectivity index (χ0v) is 12.7. The van der Waals surface area contributed by atoms with Crippen molar-refractivity contribution in [3.8, 4) is 0 Å². The summed E-state index contributed by atoms with van der Waals surface area (Å²) in [6.45, 7) is 2.40. The molecular weight excluding hydrogens is 278 g/mol. The van der Waals surface area contributed by atoms with E-state index in [1.54, 1.807) is 0 Å². The van der Waals surface area contributed by atoms with Gasteiger partial charge in [0.05, 0.1) is 12.6 Å². The summed E-state index contributed by atoms with van der Waals surface area (Å²) in [4.78, 5) is 11.9. The van der Waals surface area contributed by atoms with E-state index in [4.69, 9.17) is 19.9 Å². The highest BCUT2D eigenvalue weighted by Gasteiger charge is 2.46. The molecule has 21 heavy (non-hydrogen) atoms. The zero-order valence-electron chi connectivity index (χ0n) is 12.7. The minimum absolute atomic E-state index is 0.273. The van der Waals surface area contributed by atoms with Gasteiger partial charge in [0.2, 0.25) is 0 Å². The summed E-state index contributed by atoms with van der Waals surface area (Å²) in [6, 6.07) is -0.914. The van der Waals surface area contributed by atoms with Gasteiger partial charge >= 0.3 is 5.97 Å². The van der Waals surface area contributed by atoms with Crippen LogP contribution in [0.15, 0.2) is 0 Å².